The van der Waals surface area contributed by atoms with Crippen molar-refractivity contribution in [2.75, 3.05) is 0 Å². The van der Waals surface area contributed by atoms with Gasteiger partial charge in [0, 0.05) is 6.20 Å². The Morgan fingerprint density at radius 2 is 2.13 bits per heavy atom. The molecule has 1 heterocycles. The maximum atomic E-state index is 8.89. The average Bonchev–Trinajstić information content (AvgIpc) is 2.31. The third kappa shape index (κ3) is 2.47. The summed E-state index contributed by atoms with van der Waals surface area (Å²) in [5.41, 5.74) is 0.579. The lowest BCUT2D eigenvalue weighted by atomic mass is 9.98. The van der Waals surface area contributed by atoms with Crippen molar-refractivity contribution in [1.29, 1.82) is 5.26 Å². The molecule has 2 rings (SSSR count). The van der Waals surface area contributed by atoms with E-state index in [1.165, 1.54) is 19.3 Å². The summed E-state index contributed by atoms with van der Waals surface area (Å²) in [5.74, 6) is 0.631. The van der Waals surface area contributed by atoms with Gasteiger partial charge in [0.15, 0.2) is 5.75 Å². The fourth-order valence-electron chi connectivity index (χ4n) is 1.93. The summed E-state index contributed by atoms with van der Waals surface area (Å²) in [7, 11) is 0. The molecule has 0 amide bonds. The smallest absolute Gasteiger partial charge is 0.155 e. The average molecular weight is 202 g/mol. The van der Waals surface area contributed by atoms with Crippen LogP contribution in [0.25, 0.3) is 0 Å². The maximum absolute atomic E-state index is 8.89. The zero-order valence-electron chi connectivity index (χ0n) is 8.65. The highest BCUT2D eigenvalue weighted by Gasteiger charge is 2.16. The number of nitrogens with zero attached hydrogens (tertiary/aromatic N) is 2. The summed E-state index contributed by atoms with van der Waals surface area (Å²) < 4.78 is 5.79. The molecule has 1 aliphatic rings. The second-order valence-corrected chi connectivity index (χ2v) is 3.86. The highest BCUT2D eigenvalue weighted by Crippen LogP contribution is 2.24. The molecule has 0 aromatic carbocycles. The molecule has 15 heavy (non-hydrogen) atoms. The molecule has 0 atom stereocenters. The minimum Gasteiger partial charge on any atom is -0.487 e. The van der Waals surface area contributed by atoms with E-state index in [-0.39, 0.29) is 6.10 Å². The van der Waals surface area contributed by atoms with Crippen LogP contribution in [0.2, 0.25) is 0 Å². The van der Waals surface area contributed by atoms with Crippen molar-refractivity contribution in [3.63, 3.8) is 0 Å². The molecule has 0 radical (unpaired) electrons. The lowest BCUT2D eigenvalue weighted by Gasteiger charge is -2.23. The van der Waals surface area contributed by atoms with E-state index in [0.717, 1.165) is 12.8 Å². The molecule has 0 saturated heterocycles. The summed E-state index contributed by atoms with van der Waals surface area (Å²) in [6.07, 6.45) is 9.48. The van der Waals surface area contributed by atoms with Crippen LogP contribution in [0.15, 0.2) is 18.5 Å². The van der Waals surface area contributed by atoms with Gasteiger partial charge in [-0.3, -0.25) is 4.98 Å². The fourth-order valence-corrected chi connectivity index (χ4v) is 1.93. The van der Waals surface area contributed by atoms with E-state index in [9.17, 15) is 0 Å². The quantitative estimate of drug-likeness (QED) is 0.740. The molecular weight excluding hydrogens is 188 g/mol. The van der Waals surface area contributed by atoms with Gasteiger partial charge in [-0.1, -0.05) is 6.42 Å². The summed E-state index contributed by atoms with van der Waals surface area (Å²) in [6, 6.07) is 3.81. The van der Waals surface area contributed by atoms with Gasteiger partial charge < -0.3 is 4.74 Å². The standard InChI is InChI=1S/C12H14N2O/c13-8-10-6-7-14-9-12(10)15-11-4-2-1-3-5-11/h6-7,9,11H,1-5H2. The Labute approximate surface area is 89.7 Å². The van der Waals surface area contributed by atoms with Crippen LogP contribution < -0.4 is 4.74 Å². The van der Waals surface area contributed by atoms with Crippen LogP contribution in [0.4, 0.5) is 0 Å². The molecule has 0 aliphatic heterocycles. The zero-order chi connectivity index (χ0) is 10.5. The molecule has 0 spiro atoms. The van der Waals surface area contributed by atoms with Crippen molar-refractivity contribution in [3.05, 3.63) is 24.0 Å². The van der Waals surface area contributed by atoms with E-state index in [2.05, 4.69) is 11.1 Å². The largest absolute Gasteiger partial charge is 0.487 e. The Kier molecular flexibility index (Phi) is 3.18. The lowest BCUT2D eigenvalue weighted by Crippen LogP contribution is -2.20. The molecule has 1 aromatic heterocycles. The third-order valence-corrected chi connectivity index (χ3v) is 2.75. The fraction of sp³-hybridized carbons (Fsp3) is 0.500. The molecule has 1 saturated carbocycles. The maximum Gasteiger partial charge on any atom is 0.155 e. The van der Waals surface area contributed by atoms with Gasteiger partial charge in [-0.2, -0.15) is 5.26 Å². The molecular formula is C12H14N2O. The molecule has 78 valence electrons. The lowest BCUT2D eigenvalue weighted by molar-refractivity contribution is 0.154. The van der Waals surface area contributed by atoms with Crippen molar-refractivity contribution >= 4 is 0 Å². The van der Waals surface area contributed by atoms with Gasteiger partial charge in [0.25, 0.3) is 0 Å². The van der Waals surface area contributed by atoms with Crippen LogP contribution in [0.1, 0.15) is 37.7 Å². The van der Waals surface area contributed by atoms with Crippen LogP contribution in [-0.2, 0) is 0 Å². The second-order valence-electron chi connectivity index (χ2n) is 3.86. The predicted octanol–water partition coefficient (Wildman–Crippen LogP) is 2.66. The highest BCUT2D eigenvalue weighted by molar-refractivity contribution is 5.40. The second kappa shape index (κ2) is 4.79. The van der Waals surface area contributed by atoms with Crippen LogP contribution in [0.5, 0.6) is 5.75 Å². The Morgan fingerprint density at radius 3 is 2.87 bits per heavy atom. The van der Waals surface area contributed by atoms with Crippen molar-refractivity contribution in [3.8, 4) is 11.8 Å². The molecule has 1 aliphatic carbocycles. The molecule has 3 nitrogen and oxygen atoms in total. The van der Waals surface area contributed by atoms with Gasteiger partial charge >= 0.3 is 0 Å². The van der Waals surface area contributed by atoms with E-state index in [1.807, 2.05) is 0 Å². The first-order valence-corrected chi connectivity index (χ1v) is 5.41. The van der Waals surface area contributed by atoms with Crippen LogP contribution in [0, 0.1) is 11.3 Å². The van der Waals surface area contributed by atoms with E-state index < -0.39 is 0 Å². The minimum atomic E-state index is 0.273. The van der Waals surface area contributed by atoms with Crippen molar-refractivity contribution < 1.29 is 4.74 Å². The summed E-state index contributed by atoms with van der Waals surface area (Å²) in [4.78, 5) is 3.98. The van der Waals surface area contributed by atoms with Gasteiger partial charge in [-0.05, 0) is 31.7 Å². The number of hydrogen-bond donors (Lipinski definition) is 0. The first-order chi connectivity index (χ1) is 7.40. The summed E-state index contributed by atoms with van der Waals surface area (Å²) in [6.45, 7) is 0. The van der Waals surface area contributed by atoms with Crippen molar-refractivity contribution in [1.82, 2.24) is 4.98 Å². The van der Waals surface area contributed by atoms with Gasteiger partial charge in [0.2, 0.25) is 0 Å². The van der Waals surface area contributed by atoms with Gasteiger partial charge in [0.1, 0.15) is 6.07 Å². The number of rotatable bonds is 2. The number of ether oxygens (including phenoxy) is 1. The van der Waals surface area contributed by atoms with E-state index in [1.54, 1.807) is 18.5 Å². The Morgan fingerprint density at radius 1 is 1.33 bits per heavy atom. The number of pyridine rings is 1. The van der Waals surface area contributed by atoms with Crippen LogP contribution >= 0.6 is 0 Å². The first kappa shape index (κ1) is 9.97. The number of nitriles is 1. The monoisotopic (exact) mass is 202 g/mol. The Hall–Kier alpha value is -1.56. The normalized spacial score (nSPS) is 17.0. The topological polar surface area (TPSA) is 45.9 Å². The SMILES string of the molecule is N#Cc1ccncc1OC1CCCCC1. The highest BCUT2D eigenvalue weighted by atomic mass is 16.5. The molecule has 0 unspecified atom stereocenters. The molecule has 1 aromatic rings. The molecule has 0 bridgehead atoms. The predicted molar refractivity (Wildman–Crippen MR) is 56.5 cm³/mol. The first-order valence-electron chi connectivity index (χ1n) is 5.41. The third-order valence-electron chi connectivity index (χ3n) is 2.75. The summed E-state index contributed by atoms with van der Waals surface area (Å²) >= 11 is 0. The van der Waals surface area contributed by atoms with E-state index >= 15 is 0 Å². The molecule has 1 fully saturated rings. The molecule has 3 heteroatoms. The van der Waals surface area contributed by atoms with E-state index in [0.29, 0.717) is 11.3 Å². The van der Waals surface area contributed by atoms with Crippen molar-refractivity contribution in [2.24, 2.45) is 0 Å². The zero-order valence-corrected chi connectivity index (χ0v) is 8.65. The minimum absolute atomic E-state index is 0.273. The van der Waals surface area contributed by atoms with Gasteiger partial charge in [0.05, 0.1) is 17.9 Å². The Balaban J connectivity index is 2.06. The van der Waals surface area contributed by atoms with Gasteiger partial charge in [-0.15, -0.1) is 0 Å². The summed E-state index contributed by atoms with van der Waals surface area (Å²) in [5, 5.41) is 8.89. The van der Waals surface area contributed by atoms with Crippen LogP contribution in [-0.4, -0.2) is 11.1 Å². The number of aromatic nitrogens is 1. The molecule has 0 N–H and O–H groups in total. The van der Waals surface area contributed by atoms with Crippen molar-refractivity contribution in [2.45, 2.75) is 38.2 Å². The Bertz CT molecular complexity index is 364. The van der Waals surface area contributed by atoms with Gasteiger partial charge in [-0.25, -0.2) is 0 Å². The number of hydrogen-bond acceptors (Lipinski definition) is 3. The van der Waals surface area contributed by atoms with Crippen LogP contribution in [0.3, 0.4) is 0 Å². The van der Waals surface area contributed by atoms with E-state index in [4.69, 9.17) is 10.00 Å².